The summed E-state index contributed by atoms with van der Waals surface area (Å²) >= 11 is 0. The first-order chi connectivity index (χ1) is 57.9. The number of hydrogen-bond donors (Lipinski definition) is 0. The first-order valence-electron chi connectivity index (χ1n) is 39.3. The van der Waals surface area contributed by atoms with Crippen molar-refractivity contribution in [3.05, 3.63) is 394 Å². The second kappa shape index (κ2) is 27.4. The molecule has 0 aliphatic heterocycles. The lowest BCUT2D eigenvalue weighted by Crippen LogP contribution is -2.03. The number of fused-ring (bicyclic) bond motifs is 11. The summed E-state index contributed by atoms with van der Waals surface area (Å²) in [7, 11) is 0. The normalized spacial score (nSPS) is 11.8. The molecule has 0 fully saturated rings. The quantitative estimate of drug-likeness (QED) is 0.106. The molecule has 11 nitrogen and oxygen atoms in total. The molecule has 0 radical (unpaired) electrons. The summed E-state index contributed by atoms with van der Waals surface area (Å²) in [6, 6.07) is 138. The van der Waals surface area contributed by atoms with Crippen LogP contribution < -0.4 is 0 Å². The molecule has 0 spiro atoms. The third kappa shape index (κ3) is 11.7. The first-order valence-corrected chi connectivity index (χ1v) is 39.3. The Morgan fingerprint density at radius 2 is 0.504 bits per heavy atom. The molecular weight excluding hydrogens is 1430 g/mol. The van der Waals surface area contributed by atoms with Gasteiger partial charge < -0.3 is 22.5 Å². The molecule has 0 bridgehead atoms. The van der Waals surface area contributed by atoms with Crippen LogP contribution in [0.2, 0.25) is 0 Å². The molecule has 7 aromatic heterocycles. The van der Waals surface area contributed by atoms with Crippen LogP contribution in [0.5, 0.6) is 0 Å². The molecule has 0 amide bonds. The second-order valence-electron chi connectivity index (χ2n) is 29.7. The van der Waals surface area contributed by atoms with Crippen LogP contribution in [-0.2, 0) is 0 Å². The topological polar surface area (TPSA) is 118 Å². The van der Waals surface area contributed by atoms with Crippen LogP contribution in [0.1, 0.15) is 0 Å². The third-order valence-electron chi connectivity index (χ3n) is 22.8. The highest BCUT2D eigenvalue weighted by Crippen LogP contribution is 2.43. The van der Waals surface area contributed by atoms with Crippen LogP contribution in [-0.4, -0.2) is 43.6 Å². The predicted octanol–water partition coefficient (Wildman–Crippen LogP) is 27.2. The maximum absolute atomic E-state index is 6.88. The molecule has 0 saturated carbocycles. The first kappa shape index (κ1) is 66.8. The standard InChI is InChI=1S/C106H65N9O2/c1-3-21-66(22-4-1)68-39-47-72(48-40-68)101-107-102(74-51-43-70(44-52-74)98-63-78-25-7-20-38-97(78)116-98)110-105(109-101)80-59-81(113-90-32-14-8-26-83(90)84-27-9-15-33-91(84)113)65-82(60-80)114-92-34-16-12-30-87(92)89-61-76(57-58-96(89)114)77-55-56-79-64-99(117-100(79)62-77)71-45-53-75(54-46-71)104-108-103(73-49-41-69(42-50-73)67-23-5-2-6-24-67)111-106(112-104)88-31-13-19-37-95(88)115-93-35-17-10-28-85(93)86-29-11-18-36-94(86)115/h1-65H. The van der Waals surface area contributed by atoms with Gasteiger partial charge in [0.05, 0.1) is 38.8 Å². The molecule has 117 heavy (non-hydrogen) atoms. The largest absolute Gasteiger partial charge is 0.456 e. The van der Waals surface area contributed by atoms with Gasteiger partial charge in [-0.25, -0.2) is 29.9 Å². The van der Waals surface area contributed by atoms with Crippen LogP contribution in [0.4, 0.5) is 0 Å². The van der Waals surface area contributed by atoms with Crippen LogP contribution in [0.15, 0.2) is 403 Å². The van der Waals surface area contributed by atoms with E-state index in [0.717, 1.165) is 183 Å². The average molecular weight is 1500 g/mol. The van der Waals surface area contributed by atoms with E-state index in [0.29, 0.717) is 34.9 Å². The number of rotatable bonds is 14. The number of benzene rings is 16. The van der Waals surface area contributed by atoms with Gasteiger partial charge in [0.15, 0.2) is 34.9 Å². The summed E-state index contributed by atoms with van der Waals surface area (Å²) in [5.74, 6) is 4.87. The van der Waals surface area contributed by atoms with Gasteiger partial charge in [0, 0.05) is 99.0 Å². The van der Waals surface area contributed by atoms with Crippen molar-refractivity contribution in [3.8, 4) is 141 Å². The van der Waals surface area contributed by atoms with E-state index in [1.807, 2.05) is 30.3 Å². The molecule has 0 saturated heterocycles. The predicted molar refractivity (Wildman–Crippen MR) is 476 cm³/mol. The lowest BCUT2D eigenvalue weighted by atomic mass is 10.0. The molecule has 11 heteroatoms. The number of furan rings is 2. The van der Waals surface area contributed by atoms with Gasteiger partial charge in [-0.05, 0) is 130 Å². The lowest BCUT2D eigenvalue weighted by molar-refractivity contribution is 0.631. The van der Waals surface area contributed by atoms with Crippen molar-refractivity contribution in [1.82, 2.24) is 43.6 Å². The summed E-state index contributed by atoms with van der Waals surface area (Å²) in [5.41, 5.74) is 24.6. The fourth-order valence-corrected chi connectivity index (χ4v) is 17.1. The Morgan fingerprint density at radius 3 is 0.983 bits per heavy atom. The van der Waals surface area contributed by atoms with Crippen molar-refractivity contribution in [2.45, 2.75) is 0 Å². The van der Waals surface area contributed by atoms with Gasteiger partial charge in [-0.1, -0.05) is 297 Å². The van der Waals surface area contributed by atoms with E-state index >= 15 is 0 Å². The molecular formula is C106H65N9O2. The van der Waals surface area contributed by atoms with Crippen molar-refractivity contribution < 1.29 is 8.83 Å². The van der Waals surface area contributed by atoms with Gasteiger partial charge in [-0.2, -0.15) is 0 Å². The second-order valence-corrected chi connectivity index (χ2v) is 29.7. The average Bonchev–Trinajstić information content (AvgIpc) is 1.59. The van der Waals surface area contributed by atoms with E-state index in [1.165, 1.54) is 10.8 Å². The lowest BCUT2D eigenvalue weighted by Gasteiger charge is -2.16. The van der Waals surface area contributed by atoms with Crippen molar-refractivity contribution >= 4 is 87.4 Å². The van der Waals surface area contributed by atoms with Gasteiger partial charge >= 0.3 is 0 Å². The zero-order chi connectivity index (χ0) is 77.0. The van der Waals surface area contributed by atoms with Gasteiger partial charge in [0.25, 0.3) is 0 Å². The van der Waals surface area contributed by atoms with Gasteiger partial charge in [-0.3, -0.25) is 0 Å². The van der Waals surface area contributed by atoms with Crippen LogP contribution in [0.3, 0.4) is 0 Å². The summed E-state index contributed by atoms with van der Waals surface area (Å²) in [6.07, 6.45) is 0. The van der Waals surface area contributed by atoms with E-state index in [1.54, 1.807) is 0 Å². The molecule has 23 rings (SSSR count). The third-order valence-corrected chi connectivity index (χ3v) is 22.8. The Labute approximate surface area is 671 Å². The fourth-order valence-electron chi connectivity index (χ4n) is 17.1. The fraction of sp³-hybridized carbons (Fsp3) is 0. The van der Waals surface area contributed by atoms with E-state index in [2.05, 4.69) is 378 Å². The van der Waals surface area contributed by atoms with E-state index in [4.69, 9.17) is 38.7 Å². The van der Waals surface area contributed by atoms with E-state index in [9.17, 15) is 0 Å². The van der Waals surface area contributed by atoms with Crippen LogP contribution in [0.25, 0.3) is 229 Å². The van der Waals surface area contributed by atoms with Crippen molar-refractivity contribution in [1.29, 1.82) is 0 Å². The zero-order valence-electron chi connectivity index (χ0n) is 62.9. The van der Waals surface area contributed by atoms with Crippen LogP contribution >= 0.6 is 0 Å². The Hall–Kier alpha value is -16.0. The zero-order valence-corrected chi connectivity index (χ0v) is 62.9. The molecule has 7 heterocycles. The highest BCUT2D eigenvalue weighted by Gasteiger charge is 2.24. The Bertz CT molecular complexity index is 7710. The molecule has 16 aromatic carbocycles. The molecule has 23 aromatic rings. The molecule has 0 unspecified atom stereocenters. The number of nitrogens with zero attached hydrogens (tertiary/aromatic N) is 9. The van der Waals surface area contributed by atoms with Gasteiger partial charge in [0.2, 0.25) is 0 Å². The Kier molecular flexibility index (Phi) is 15.7. The van der Waals surface area contributed by atoms with Gasteiger partial charge in [-0.15, -0.1) is 0 Å². The smallest absolute Gasteiger partial charge is 0.166 e. The van der Waals surface area contributed by atoms with Crippen molar-refractivity contribution in [2.24, 2.45) is 0 Å². The summed E-state index contributed by atoms with van der Waals surface area (Å²) in [4.78, 5) is 32.1. The minimum Gasteiger partial charge on any atom is -0.456 e. The summed E-state index contributed by atoms with van der Waals surface area (Å²) in [5, 5.41) is 8.95. The monoisotopic (exact) mass is 1500 g/mol. The molecule has 0 aliphatic rings. The van der Waals surface area contributed by atoms with E-state index in [-0.39, 0.29) is 0 Å². The highest BCUT2D eigenvalue weighted by atomic mass is 16.3. The number of aromatic nitrogens is 9. The van der Waals surface area contributed by atoms with Crippen molar-refractivity contribution in [2.75, 3.05) is 0 Å². The van der Waals surface area contributed by atoms with E-state index < -0.39 is 0 Å². The Balaban J connectivity index is 0.616. The summed E-state index contributed by atoms with van der Waals surface area (Å²) < 4.78 is 20.3. The maximum atomic E-state index is 6.88. The minimum atomic E-state index is 0.531. The maximum Gasteiger partial charge on any atom is 0.166 e. The minimum absolute atomic E-state index is 0.531. The molecule has 546 valence electrons. The van der Waals surface area contributed by atoms with Gasteiger partial charge in [0.1, 0.15) is 22.7 Å². The van der Waals surface area contributed by atoms with Crippen LogP contribution in [0, 0.1) is 0 Å². The highest BCUT2D eigenvalue weighted by molar-refractivity contribution is 6.13. The number of hydrogen-bond acceptors (Lipinski definition) is 8. The molecule has 0 N–H and O–H groups in total. The summed E-state index contributed by atoms with van der Waals surface area (Å²) in [6.45, 7) is 0. The molecule has 0 aliphatic carbocycles. The number of para-hydroxylation sites is 7. The Morgan fingerprint density at radius 1 is 0.179 bits per heavy atom. The van der Waals surface area contributed by atoms with Crippen molar-refractivity contribution in [3.63, 3.8) is 0 Å². The molecule has 0 atom stereocenters. The SMILES string of the molecule is c1ccc(-c2ccc(-c3nc(-c4ccc(-c5cc6ccccc6o5)cc4)nc(-c4cc(-n5c6ccccc6c6ccccc65)cc(-n5c6ccccc6c6cc(-c7ccc8cc(-c9ccc(-c%10nc(-c%11ccc(-c%12ccccc%12)cc%11)nc(-c%11ccccc%11-n%11c%12ccccc%12c%12ccccc%12%11)n%10)cc9)oc8c7)ccc65)c4)n3)cc2)cc1.